The molecular formula is C17H15ClN2O2. The molecule has 0 amide bonds. The molecule has 1 aliphatic heterocycles. The topological polar surface area (TPSA) is 46.4 Å². The molecule has 0 aromatic heterocycles. The second-order valence-corrected chi connectivity index (χ2v) is 6.15. The molecule has 0 radical (unpaired) electrons. The molecule has 112 valence electrons. The van der Waals surface area contributed by atoms with Crippen LogP contribution in [-0.2, 0) is 0 Å². The van der Waals surface area contributed by atoms with Crippen molar-refractivity contribution in [1.82, 2.24) is 0 Å². The highest BCUT2D eigenvalue weighted by Gasteiger charge is 2.47. The van der Waals surface area contributed by atoms with Crippen LogP contribution in [0.4, 0.5) is 11.4 Å². The summed E-state index contributed by atoms with van der Waals surface area (Å²) in [6.45, 7) is 3.21. The van der Waals surface area contributed by atoms with Gasteiger partial charge in [-0.05, 0) is 35.4 Å². The average molecular weight is 315 g/mol. The first-order valence-electron chi connectivity index (χ1n) is 6.92. The van der Waals surface area contributed by atoms with Crippen LogP contribution in [0.1, 0.15) is 25.0 Å². The first kappa shape index (κ1) is 14.8. The monoisotopic (exact) mass is 314 g/mol. The van der Waals surface area contributed by atoms with Gasteiger partial charge in [-0.3, -0.25) is 0 Å². The minimum absolute atomic E-state index is 0.401. The Bertz CT molecular complexity index is 767. The van der Waals surface area contributed by atoms with Gasteiger partial charge in [-0.15, -0.1) is 0 Å². The van der Waals surface area contributed by atoms with E-state index in [2.05, 4.69) is 0 Å². The smallest absolute Gasteiger partial charge is 0.281 e. The Morgan fingerprint density at radius 3 is 2.36 bits per heavy atom. The van der Waals surface area contributed by atoms with Crippen molar-refractivity contribution in [3.63, 3.8) is 0 Å². The zero-order valence-corrected chi connectivity index (χ0v) is 13.0. The minimum atomic E-state index is -1.11. The number of hydrogen-bond acceptors (Lipinski definition) is 3. The zero-order valence-electron chi connectivity index (χ0n) is 12.3. The van der Waals surface area contributed by atoms with E-state index in [1.54, 1.807) is 26.0 Å². The van der Waals surface area contributed by atoms with Crippen LogP contribution < -0.4 is 5.06 Å². The van der Waals surface area contributed by atoms with Gasteiger partial charge < -0.3 is 10.3 Å². The molecule has 0 spiro atoms. The van der Waals surface area contributed by atoms with Crippen molar-refractivity contribution in [2.45, 2.75) is 19.5 Å². The number of fused-ring (bicyclic) bond motifs is 1. The van der Waals surface area contributed by atoms with Crippen LogP contribution >= 0.6 is 11.6 Å². The molecule has 2 aromatic carbocycles. The molecule has 0 fully saturated rings. The van der Waals surface area contributed by atoms with E-state index in [0.717, 1.165) is 21.0 Å². The zero-order chi connectivity index (χ0) is 15.9. The predicted octanol–water partition coefficient (Wildman–Crippen LogP) is 4.97. The SMILES string of the molecule is CC1(C)N([O-])c2cc(/C=C\c3ccc(Cl)cc3)ccc2[N+]1=O. The van der Waals surface area contributed by atoms with E-state index in [4.69, 9.17) is 11.6 Å². The quantitative estimate of drug-likeness (QED) is 0.580. The molecule has 1 heterocycles. The lowest BCUT2D eigenvalue weighted by Gasteiger charge is -2.30. The van der Waals surface area contributed by atoms with Gasteiger partial charge in [0, 0.05) is 29.8 Å². The summed E-state index contributed by atoms with van der Waals surface area (Å²) < 4.78 is 0.752. The van der Waals surface area contributed by atoms with Gasteiger partial charge >= 0.3 is 0 Å². The molecule has 0 atom stereocenters. The van der Waals surface area contributed by atoms with Crippen LogP contribution in [0.2, 0.25) is 5.02 Å². The summed E-state index contributed by atoms with van der Waals surface area (Å²) in [6.07, 6.45) is 3.83. The van der Waals surface area contributed by atoms with E-state index >= 15 is 0 Å². The third kappa shape index (κ3) is 2.40. The standard InChI is InChI=1S/C17H15ClN2O2/c1-17(2)19(21)15-10-7-13(11-16(15)20(17)22)4-3-12-5-8-14(18)9-6-12/h3-11H,1-2H3/b4-3-. The minimum Gasteiger partial charge on any atom is -0.753 e. The number of nitrogens with zero attached hydrogens (tertiary/aromatic N) is 2. The Kier molecular flexibility index (Phi) is 3.51. The number of halogens is 1. The van der Waals surface area contributed by atoms with Crippen molar-refractivity contribution in [1.29, 1.82) is 0 Å². The van der Waals surface area contributed by atoms with Gasteiger partial charge in [0.05, 0.1) is 4.76 Å². The maximum atomic E-state index is 12.2. The molecule has 0 unspecified atom stereocenters. The Hall–Kier alpha value is -2.17. The lowest BCUT2D eigenvalue weighted by atomic mass is 10.1. The Balaban J connectivity index is 1.91. The average Bonchev–Trinajstić information content (AvgIpc) is 2.68. The van der Waals surface area contributed by atoms with Gasteiger partial charge in [-0.1, -0.05) is 35.9 Å². The Labute approximate surface area is 133 Å². The maximum absolute atomic E-state index is 12.2. The second kappa shape index (κ2) is 5.23. The predicted molar refractivity (Wildman–Crippen MR) is 90.0 cm³/mol. The fraction of sp³-hybridized carbons (Fsp3) is 0.176. The Morgan fingerprint density at radius 1 is 1.09 bits per heavy atom. The summed E-state index contributed by atoms with van der Waals surface area (Å²) in [7, 11) is 0. The highest BCUT2D eigenvalue weighted by atomic mass is 35.5. The van der Waals surface area contributed by atoms with Crippen LogP contribution in [0, 0.1) is 10.1 Å². The van der Waals surface area contributed by atoms with E-state index in [1.807, 2.05) is 42.5 Å². The lowest BCUT2D eigenvalue weighted by Crippen LogP contribution is -2.41. The maximum Gasteiger partial charge on any atom is 0.281 e. The molecule has 2 aromatic rings. The molecule has 3 rings (SSSR count). The summed E-state index contributed by atoms with van der Waals surface area (Å²) in [6, 6.07) is 12.7. The van der Waals surface area contributed by atoms with E-state index in [9.17, 15) is 10.1 Å². The molecule has 0 saturated heterocycles. The highest BCUT2D eigenvalue weighted by molar-refractivity contribution is 6.30. The molecule has 1 aliphatic rings. The third-order valence-corrected chi connectivity index (χ3v) is 4.02. The van der Waals surface area contributed by atoms with Gasteiger partial charge in [-0.25, -0.2) is 0 Å². The second-order valence-electron chi connectivity index (χ2n) is 5.72. The van der Waals surface area contributed by atoms with E-state index in [1.165, 1.54) is 0 Å². The largest absolute Gasteiger partial charge is 0.753 e. The van der Waals surface area contributed by atoms with Crippen molar-refractivity contribution in [3.05, 3.63) is 68.7 Å². The van der Waals surface area contributed by atoms with Crippen molar-refractivity contribution < 1.29 is 4.76 Å². The van der Waals surface area contributed by atoms with Crippen molar-refractivity contribution in [3.8, 4) is 0 Å². The molecule has 4 nitrogen and oxygen atoms in total. The first-order valence-corrected chi connectivity index (χ1v) is 7.30. The molecule has 0 N–H and O–H groups in total. The highest BCUT2D eigenvalue weighted by Crippen LogP contribution is 2.43. The number of nitroso groups, excluding NO2 is 1. The molecule has 0 bridgehead atoms. The number of rotatable bonds is 2. The van der Waals surface area contributed by atoms with Crippen molar-refractivity contribution in [2.75, 3.05) is 5.06 Å². The van der Waals surface area contributed by atoms with Gasteiger partial charge in [-0.2, -0.15) is 0 Å². The number of anilines is 1. The molecule has 22 heavy (non-hydrogen) atoms. The lowest BCUT2D eigenvalue weighted by molar-refractivity contribution is -0.532. The number of benzene rings is 2. The van der Waals surface area contributed by atoms with E-state index in [0.29, 0.717) is 16.4 Å². The van der Waals surface area contributed by atoms with Crippen LogP contribution in [0.15, 0.2) is 42.5 Å². The van der Waals surface area contributed by atoms with Gasteiger partial charge in [0.15, 0.2) is 0 Å². The number of hydrogen-bond donors (Lipinski definition) is 0. The summed E-state index contributed by atoms with van der Waals surface area (Å²) in [5, 5.41) is 13.7. The van der Waals surface area contributed by atoms with E-state index in [-0.39, 0.29) is 0 Å². The molecular weight excluding hydrogens is 300 g/mol. The molecule has 5 heteroatoms. The summed E-state index contributed by atoms with van der Waals surface area (Å²) in [5.41, 5.74) is 1.57. The summed E-state index contributed by atoms with van der Waals surface area (Å²) in [5.74, 6) is 0. The van der Waals surface area contributed by atoms with Gasteiger partial charge in [0.25, 0.3) is 11.4 Å². The van der Waals surface area contributed by atoms with Crippen molar-refractivity contribution >= 4 is 35.1 Å². The van der Waals surface area contributed by atoms with Crippen LogP contribution in [-0.4, -0.2) is 10.4 Å². The Morgan fingerprint density at radius 2 is 1.68 bits per heavy atom. The fourth-order valence-corrected chi connectivity index (χ4v) is 2.54. The summed E-state index contributed by atoms with van der Waals surface area (Å²) >= 11 is 5.85. The fourth-order valence-electron chi connectivity index (χ4n) is 2.42. The van der Waals surface area contributed by atoms with Gasteiger partial charge in [0.2, 0.25) is 0 Å². The number of hydroxylamine groups is 1. The summed E-state index contributed by atoms with van der Waals surface area (Å²) in [4.78, 5) is 12.1. The van der Waals surface area contributed by atoms with E-state index < -0.39 is 5.66 Å². The molecule has 0 aliphatic carbocycles. The third-order valence-electron chi connectivity index (χ3n) is 3.77. The first-order chi connectivity index (χ1) is 10.4. The normalized spacial score (nSPS) is 16.4. The van der Waals surface area contributed by atoms with Crippen LogP contribution in [0.25, 0.3) is 12.2 Å². The van der Waals surface area contributed by atoms with Crippen LogP contribution in [0.3, 0.4) is 0 Å². The van der Waals surface area contributed by atoms with Crippen LogP contribution in [0.5, 0.6) is 0 Å². The van der Waals surface area contributed by atoms with Crippen molar-refractivity contribution in [2.24, 2.45) is 0 Å². The van der Waals surface area contributed by atoms with Gasteiger partial charge in [0.1, 0.15) is 5.69 Å². The molecule has 0 saturated carbocycles.